The van der Waals surface area contributed by atoms with Gasteiger partial charge >= 0.3 is 0 Å². The second-order valence-electron chi connectivity index (χ2n) is 5.74. The summed E-state index contributed by atoms with van der Waals surface area (Å²) in [5.41, 5.74) is 0. The molecule has 19 heavy (non-hydrogen) atoms. The highest BCUT2D eigenvalue weighted by atomic mass is 16.6. The van der Waals surface area contributed by atoms with Crippen LogP contribution in [0.2, 0.25) is 0 Å². The molecule has 3 unspecified atom stereocenters. The smallest absolute Gasteiger partial charge is 0.191 e. The summed E-state index contributed by atoms with van der Waals surface area (Å²) in [7, 11) is 0. The zero-order valence-corrected chi connectivity index (χ0v) is 11.3. The van der Waals surface area contributed by atoms with Crippen LogP contribution in [-0.2, 0) is 4.79 Å². The van der Waals surface area contributed by atoms with Crippen LogP contribution in [-0.4, -0.2) is 18.5 Å². The lowest BCUT2D eigenvalue weighted by Gasteiger charge is -2.31. The molecule has 0 N–H and O–H groups in total. The van der Waals surface area contributed by atoms with Gasteiger partial charge in [0.25, 0.3) is 0 Å². The van der Waals surface area contributed by atoms with Crippen molar-refractivity contribution in [1.29, 1.82) is 0 Å². The molecule has 0 saturated heterocycles. The molecule has 3 rings (SSSR count). The Balaban J connectivity index is 1.69. The first kappa shape index (κ1) is 12.5. The molecule has 0 spiro atoms. The number of hydrogen-bond acceptors (Lipinski definition) is 3. The summed E-state index contributed by atoms with van der Waals surface area (Å²) in [5.74, 6) is 2.46. The number of carbonyl (C=O) groups is 1. The first-order chi connectivity index (χ1) is 9.24. The molecule has 2 aliphatic rings. The summed E-state index contributed by atoms with van der Waals surface area (Å²) in [6, 6.07) is 7.54. The number of hydrogen-bond donors (Lipinski definition) is 0. The summed E-state index contributed by atoms with van der Waals surface area (Å²) in [4.78, 5) is 12.5. The van der Waals surface area contributed by atoms with Gasteiger partial charge in [-0.15, -0.1) is 0 Å². The van der Waals surface area contributed by atoms with Crippen LogP contribution in [0.25, 0.3) is 0 Å². The van der Waals surface area contributed by atoms with E-state index >= 15 is 0 Å². The van der Waals surface area contributed by atoms with Gasteiger partial charge in [0.2, 0.25) is 0 Å². The van der Waals surface area contributed by atoms with Crippen LogP contribution in [0.1, 0.15) is 32.6 Å². The predicted molar refractivity (Wildman–Crippen MR) is 72.5 cm³/mol. The van der Waals surface area contributed by atoms with Crippen molar-refractivity contribution >= 4 is 5.78 Å². The standard InChI is InChI=1S/C16H20O3/c1-11-5-4-6-12(9-11)16(17)15-10-18-13-7-2-3-8-14(13)19-15/h2-3,7-8,11-12,15H,4-6,9-10H2,1H3. The molecule has 0 aromatic heterocycles. The quantitative estimate of drug-likeness (QED) is 0.819. The Kier molecular flexibility index (Phi) is 3.45. The maximum Gasteiger partial charge on any atom is 0.191 e. The molecule has 1 fully saturated rings. The van der Waals surface area contributed by atoms with Crippen LogP contribution in [0.4, 0.5) is 0 Å². The third kappa shape index (κ3) is 2.60. The highest BCUT2D eigenvalue weighted by molar-refractivity contribution is 5.86. The molecule has 0 bridgehead atoms. The van der Waals surface area contributed by atoms with E-state index in [1.807, 2.05) is 24.3 Å². The second kappa shape index (κ2) is 5.24. The number of carbonyl (C=O) groups excluding carboxylic acids is 1. The van der Waals surface area contributed by atoms with Crippen molar-refractivity contribution in [2.24, 2.45) is 11.8 Å². The van der Waals surface area contributed by atoms with Crippen LogP contribution in [0.5, 0.6) is 11.5 Å². The van der Waals surface area contributed by atoms with E-state index in [4.69, 9.17) is 9.47 Å². The van der Waals surface area contributed by atoms with Crippen molar-refractivity contribution in [3.05, 3.63) is 24.3 Å². The lowest BCUT2D eigenvalue weighted by Crippen LogP contribution is -2.41. The summed E-state index contributed by atoms with van der Waals surface area (Å²) >= 11 is 0. The average molecular weight is 260 g/mol. The molecule has 3 nitrogen and oxygen atoms in total. The molecule has 0 amide bonds. The first-order valence-corrected chi connectivity index (χ1v) is 7.16. The molecule has 1 saturated carbocycles. The fourth-order valence-electron chi connectivity index (χ4n) is 3.12. The molecule has 3 heteroatoms. The van der Waals surface area contributed by atoms with Crippen molar-refractivity contribution in [2.45, 2.75) is 38.7 Å². The van der Waals surface area contributed by atoms with Crippen molar-refractivity contribution < 1.29 is 14.3 Å². The third-order valence-corrected chi connectivity index (χ3v) is 4.16. The number of ether oxygens (including phenoxy) is 2. The van der Waals surface area contributed by atoms with Crippen molar-refractivity contribution in [2.75, 3.05) is 6.61 Å². The summed E-state index contributed by atoms with van der Waals surface area (Å²) in [5, 5.41) is 0. The fraction of sp³-hybridized carbons (Fsp3) is 0.562. The van der Waals surface area contributed by atoms with Gasteiger partial charge < -0.3 is 9.47 Å². The SMILES string of the molecule is CC1CCCC(C(=O)C2COc3ccccc3O2)C1. The Morgan fingerprint density at radius 3 is 2.79 bits per heavy atom. The first-order valence-electron chi connectivity index (χ1n) is 7.16. The van der Waals surface area contributed by atoms with Crippen LogP contribution >= 0.6 is 0 Å². The van der Waals surface area contributed by atoms with E-state index in [1.54, 1.807) is 0 Å². The Hall–Kier alpha value is -1.51. The molecular formula is C16H20O3. The molecule has 1 aromatic carbocycles. The van der Waals surface area contributed by atoms with Crippen molar-refractivity contribution in [3.63, 3.8) is 0 Å². The Labute approximate surface area is 113 Å². The largest absolute Gasteiger partial charge is 0.485 e. The molecule has 102 valence electrons. The lowest BCUT2D eigenvalue weighted by molar-refractivity contribution is -0.133. The molecule has 1 aliphatic carbocycles. The number of benzene rings is 1. The van der Waals surface area contributed by atoms with Crippen molar-refractivity contribution in [3.8, 4) is 11.5 Å². The van der Waals surface area contributed by atoms with E-state index in [0.717, 1.165) is 25.0 Å². The highest BCUT2D eigenvalue weighted by Gasteiger charge is 2.34. The van der Waals surface area contributed by atoms with Crippen LogP contribution in [0.3, 0.4) is 0 Å². The fourth-order valence-corrected chi connectivity index (χ4v) is 3.12. The van der Waals surface area contributed by atoms with Gasteiger partial charge in [-0.25, -0.2) is 0 Å². The zero-order valence-electron chi connectivity index (χ0n) is 11.3. The van der Waals surface area contributed by atoms with Gasteiger partial charge in [-0.2, -0.15) is 0 Å². The van der Waals surface area contributed by atoms with E-state index in [2.05, 4.69) is 6.92 Å². The van der Waals surface area contributed by atoms with Gasteiger partial charge in [-0.3, -0.25) is 4.79 Å². The predicted octanol–water partition coefficient (Wildman–Crippen LogP) is 3.22. The van der Waals surface area contributed by atoms with Gasteiger partial charge in [-0.1, -0.05) is 31.9 Å². The summed E-state index contributed by atoms with van der Waals surface area (Å²) in [6.07, 6.45) is 3.98. The van der Waals surface area contributed by atoms with E-state index in [-0.39, 0.29) is 11.7 Å². The normalized spacial score (nSPS) is 29.8. The van der Waals surface area contributed by atoms with E-state index in [1.165, 1.54) is 6.42 Å². The highest BCUT2D eigenvalue weighted by Crippen LogP contribution is 2.34. The van der Waals surface area contributed by atoms with Gasteiger partial charge in [0.15, 0.2) is 23.4 Å². The maximum atomic E-state index is 12.5. The summed E-state index contributed by atoms with van der Waals surface area (Å²) in [6.45, 7) is 2.58. The zero-order chi connectivity index (χ0) is 13.2. The maximum absolute atomic E-state index is 12.5. The molecule has 1 aromatic rings. The van der Waals surface area contributed by atoms with Gasteiger partial charge in [0, 0.05) is 5.92 Å². The third-order valence-electron chi connectivity index (χ3n) is 4.16. The van der Waals surface area contributed by atoms with Gasteiger partial charge in [0.1, 0.15) is 6.61 Å². The summed E-state index contributed by atoms with van der Waals surface area (Å²) < 4.78 is 11.4. The van der Waals surface area contributed by atoms with Crippen LogP contribution in [0.15, 0.2) is 24.3 Å². The number of fused-ring (bicyclic) bond motifs is 1. The Morgan fingerprint density at radius 1 is 1.21 bits per heavy atom. The van der Waals surface area contributed by atoms with E-state index < -0.39 is 6.10 Å². The number of rotatable bonds is 2. The molecule has 1 aliphatic heterocycles. The number of para-hydroxylation sites is 2. The monoisotopic (exact) mass is 260 g/mol. The lowest BCUT2D eigenvalue weighted by atomic mass is 9.79. The average Bonchev–Trinajstić information content (AvgIpc) is 2.46. The minimum absolute atomic E-state index is 0.155. The molecule has 0 radical (unpaired) electrons. The van der Waals surface area contributed by atoms with E-state index in [0.29, 0.717) is 18.3 Å². The molecular weight excluding hydrogens is 240 g/mol. The van der Waals surface area contributed by atoms with Crippen LogP contribution in [0, 0.1) is 11.8 Å². The Bertz CT molecular complexity index is 469. The minimum atomic E-state index is -0.426. The van der Waals surface area contributed by atoms with Crippen molar-refractivity contribution in [1.82, 2.24) is 0 Å². The van der Waals surface area contributed by atoms with Gasteiger partial charge in [-0.05, 0) is 30.9 Å². The van der Waals surface area contributed by atoms with E-state index in [9.17, 15) is 4.79 Å². The molecule has 3 atom stereocenters. The topological polar surface area (TPSA) is 35.5 Å². The second-order valence-corrected chi connectivity index (χ2v) is 5.74. The number of Topliss-reactive ketones (excluding diaryl/α,β-unsaturated/α-hetero) is 1. The molecule has 1 heterocycles. The minimum Gasteiger partial charge on any atom is -0.485 e. The number of ketones is 1. The Morgan fingerprint density at radius 2 is 2.00 bits per heavy atom. The van der Waals surface area contributed by atoms with Crippen LogP contribution < -0.4 is 9.47 Å². The van der Waals surface area contributed by atoms with Gasteiger partial charge in [0.05, 0.1) is 0 Å².